The van der Waals surface area contributed by atoms with Crippen LogP contribution in [0.4, 0.5) is 13.2 Å². The van der Waals surface area contributed by atoms with Gasteiger partial charge in [-0.2, -0.15) is 18.3 Å². The SMILES string of the molecule is O=C(CSc1nccc(-n2cccn2)n1)OCC(F)(F)F. The van der Waals surface area contributed by atoms with Gasteiger partial charge in [-0.05, 0) is 6.07 Å². The van der Waals surface area contributed by atoms with Crippen molar-refractivity contribution in [3.05, 3.63) is 30.7 Å². The largest absolute Gasteiger partial charge is 0.455 e. The van der Waals surface area contributed by atoms with E-state index in [1.807, 2.05) is 0 Å². The van der Waals surface area contributed by atoms with Crippen molar-refractivity contribution < 1.29 is 22.7 Å². The van der Waals surface area contributed by atoms with E-state index < -0.39 is 18.8 Å². The molecule has 0 N–H and O–H groups in total. The lowest BCUT2D eigenvalue weighted by Gasteiger charge is -2.07. The van der Waals surface area contributed by atoms with E-state index in [0.717, 1.165) is 11.8 Å². The second-order valence-corrected chi connectivity index (χ2v) is 4.66. The highest BCUT2D eigenvalue weighted by Crippen LogP contribution is 2.17. The number of alkyl halides is 3. The Balaban J connectivity index is 1.89. The number of halogens is 3. The summed E-state index contributed by atoms with van der Waals surface area (Å²) < 4.78 is 41.2. The highest BCUT2D eigenvalue weighted by molar-refractivity contribution is 7.99. The zero-order chi connectivity index (χ0) is 15.3. The van der Waals surface area contributed by atoms with E-state index in [1.165, 1.54) is 10.9 Å². The molecule has 0 atom stereocenters. The Morgan fingerprint density at radius 3 is 2.86 bits per heavy atom. The van der Waals surface area contributed by atoms with Crippen LogP contribution in [0.5, 0.6) is 0 Å². The fourth-order valence-corrected chi connectivity index (χ4v) is 1.88. The predicted octanol–water partition coefficient (Wildman–Crippen LogP) is 1.86. The molecule has 2 heterocycles. The monoisotopic (exact) mass is 318 g/mol. The third kappa shape index (κ3) is 5.06. The Labute approximate surface area is 121 Å². The molecule has 0 aromatic carbocycles. The maximum Gasteiger partial charge on any atom is 0.422 e. The van der Waals surface area contributed by atoms with Crippen LogP contribution >= 0.6 is 11.8 Å². The molecular weight excluding hydrogens is 309 g/mol. The first-order valence-electron chi connectivity index (χ1n) is 5.62. The van der Waals surface area contributed by atoms with Gasteiger partial charge in [-0.3, -0.25) is 4.79 Å². The van der Waals surface area contributed by atoms with Crippen molar-refractivity contribution in [1.82, 2.24) is 19.7 Å². The third-order valence-electron chi connectivity index (χ3n) is 2.07. The Hall–Kier alpha value is -2.10. The van der Waals surface area contributed by atoms with Crippen molar-refractivity contribution in [2.45, 2.75) is 11.3 Å². The summed E-state index contributed by atoms with van der Waals surface area (Å²) in [6.07, 6.45) is 0.183. The summed E-state index contributed by atoms with van der Waals surface area (Å²) in [7, 11) is 0. The molecule has 0 saturated carbocycles. The molecule has 0 saturated heterocycles. The zero-order valence-corrected chi connectivity index (χ0v) is 11.3. The van der Waals surface area contributed by atoms with Gasteiger partial charge < -0.3 is 4.74 Å². The van der Waals surface area contributed by atoms with Gasteiger partial charge in [-0.15, -0.1) is 0 Å². The fourth-order valence-electron chi connectivity index (χ4n) is 1.26. The molecule has 0 bridgehead atoms. The van der Waals surface area contributed by atoms with E-state index in [1.54, 1.807) is 24.5 Å². The fraction of sp³-hybridized carbons (Fsp3) is 0.273. The summed E-state index contributed by atoms with van der Waals surface area (Å²) >= 11 is 0.885. The average molecular weight is 318 g/mol. The van der Waals surface area contributed by atoms with Gasteiger partial charge in [0.05, 0.1) is 5.75 Å². The van der Waals surface area contributed by atoms with Crippen LogP contribution in [-0.4, -0.2) is 44.3 Å². The zero-order valence-electron chi connectivity index (χ0n) is 10.4. The minimum Gasteiger partial charge on any atom is -0.455 e. The molecule has 10 heteroatoms. The van der Waals surface area contributed by atoms with Gasteiger partial charge in [0, 0.05) is 24.7 Å². The van der Waals surface area contributed by atoms with Crippen molar-refractivity contribution in [3.63, 3.8) is 0 Å². The first-order chi connectivity index (χ1) is 9.94. The maximum absolute atomic E-state index is 11.9. The van der Waals surface area contributed by atoms with Gasteiger partial charge in [0.25, 0.3) is 0 Å². The number of carbonyl (C=O) groups excluding carboxylic acids is 1. The van der Waals surface area contributed by atoms with Crippen molar-refractivity contribution in [2.75, 3.05) is 12.4 Å². The Kier molecular flexibility index (Phi) is 4.78. The number of esters is 1. The molecule has 0 spiro atoms. The van der Waals surface area contributed by atoms with E-state index in [0.29, 0.717) is 5.82 Å². The van der Waals surface area contributed by atoms with Crippen LogP contribution in [0.2, 0.25) is 0 Å². The van der Waals surface area contributed by atoms with Crippen LogP contribution in [0, 0.1) is 0 Å². The lowest BCUT2D eigenvalue weighted by Crippen LogP contribution is -2.21. The van der Waals surface area contributed by atoms with E-state index in [9.17, 15) is 18.0 Å². The minimum atomic E-state index is -4.53. The molecule has 0 radical (unpaired) electrons. The minimum absolute atomic E-state index is 0.243. The van der Waals surface area contributed by atoms with Crippen molar-refractivity contribution in [1.29, 1.82) is 0 Å². The highest BCUT2D eigenvalue weighted by atomic mass is 32.2. The maximum atomic E-state index is 11.9. The van der Waals surface area contributed by atoms with E-state index >= 15 is 0 Å². The standard InChI is InChI=1S/C11H9F3N4O2S/c12-11(13,14)7-20-9(19)6-21-10-15-4-2-8(17-10)18-5-1-3-16-18/h1-5H,6-7H2. The molecule has 0 aliphatic rings. The van der Waals surface area contributed by atoms with E-state index in [-0.39, 0.29) is 10.9 Å². The number of nitrogens with zero attached hydrogens (tertiary/aromatic N) is 4. The number of aromatic nitrogens is 4. The van der Waals surface area contributed by atoms with Crippen molar-refractivity contribution in [3.8, 4) is 5.82 Å². The van der Waals surface area contributed by atoms with Crippen LogP contribution in [0.3, 0.4) is 0 Å². The van der Waals surface area contributed by atoms with Crippen LogP contribution in [0.15, 0.2) is 35.9 Å². The lowest BCUT2D eigenvalue weighted by atomic mass is 10.6. The average Bonchev–Trinajstić information content (AvgIpc) is 2.96. The molecule has 2 rings (SSSR count). The summed E-state index contributed by atoms with van der Waals surface area (Å²) in [5, 5.41) is 4.22. The van der Waals surface area contributed by atoms with Crippen LogP contribution in [0.1, 0.15) is 0 Å². The topological polar surface area (TPSA) is 69.9 Å². The Morgan fingerprint density at radius 2 is 2.19 bits per heavy atom. The first-order valence-corrected chi connectivity index (χ1v) is 6.61. The van der Waals surface area contributed by atoms with E-state index in [4.69, 9.17) is 0 Å². The molecule has 0 amide bonds. The molecule has 0 aliphatic heterocycles. The Bertz CT molecular complexity index is 604. The van der Waals surface area contributed by atoms with Crippen LogP contribution in [-0.2, 0) is 9.53 Å². The highest BCUT2D eigenvalue weighted by Gasteiger charge is 2.29. The van der Waals surface area contributed by atoms with Crippen molar-refractivity contribution >= 4 is 17.7 Å². The number of ether oxygens (including phenoxy) is 1. The summed E-state index contributed by atoms with van der Waals surface area (Å²) in [6, 6.07) is 3.32. The number of rotatable bonds is 5. The molecule has 0 aliphatic carbocycles. The third-order valence-corrected chi connectivity index (χ3v) is 2.91. The molecule has 21 heavy (non-hydrogen) atoms. The number of hydrogen-bond donors (Lipinski definition) is 0. The Morgan fingerprint density at radius 1 is 1.38 bits per heavy atom. The van der Waals surface area contributed by atoms with Gasteiger partial charge in [0.15, 0.2) is 17.6 Å². The quantitative estimate of drug-likeness (QED) is 0.476. The first kappa shape index (κ1) is 15.3. The van der Waals surface area contributed by atoms with Gasteiger partial charge in [0.1, 0.15) is 0 Å². The summed E-state index contributed by atoms with van der Waals surface area (Å²) in [6.45, 7) is -1.60. The second-order valence-electron chi connectivity index (χ2n) is 3.71. The van der Waals surface area contributed by atoms with Crippen molar-refractivity contribution in [2.24, 2.45) is 0 Å². The van der Waals surface area contributed by atoms with Crippen LogP contribution < -0.4 is 0 Å². The second kappa shape index (κ2) is 6.57. The number of carbonyl (C=O) groups is 1. The molecule has 6 nitrogen and oxygen atoms in total. The van der Waals surface area contributed by atoms with Gasteiger partial charge in [-0.25, -0.2) is 14.6 Å². The summed E-state index contributed by atoms with van der Waals surface area (Å²) in [4.78, 5) is 19.2. The lowest BCUT2D eigenvalue weighted by molar-refractivity contribution is -0.184. The normalized spacial score (nSPS) is 11.4. The number of thioether (sulfide) groups is 1. The molecular formula is C11H9F3N4O2S. The molecule has 0 unspecified atom stereocenters. The smallest absolute Gasteiger partial charge is 0.422 e. The molecule has 112 valence electrons. The molecule has 2 aromatic rings. The van der Waals surface area contributed by atoms with Crippen LogP contribution in [0.25, 0.3) is 5.82 Å². The summed E-state index contributed by atoms with van der Waals surface area (Å²) in [5.74, 6) is -0.801. The van der Waals surface area contributed by atoms with Gasteiger partial charge in [-0.1, -0.05) is 11.8 Å². The summed E-state index contributed by atoms with van der Waals surface area (Å²) in [5.41, 5.74) is 0. The number of hydrogen-bond acceptors (Lipinski definition) is 6. The predicted molar refractivity (Wildman–Crippen MR) is 66.9 cm³/mol. The van der Waals surface area contributed by atoms with Gasteiger partial charge >= 0.3 is 12.1 Å². The molecule has 2 aromatic heterocycles. The van der Waals surface area contributed by atoms with E-state index in [2.05, 4.69) is 19.8 Å². The van der Waals surface area contributed by atoms with Gasteiger partial charge in [0.2, 0.25) is 0 Å². The molecule has 0 fully saturated rings.